The summed E-state index contributed by atoms with van der Waals surface area (Å²) in [5.74, 6) is 1.88. The Balaban J connectivity index is 1.27. The largest absolute Gasteiger partial charge is 0.490 e. The number of rotatable bonds is 5. The lowest BCUT2D eigenvalue weighted by atomic mass is 10.1. The summed E-state index contributed by atoms with van der Waals surface area (Å²) in [5.41, 5.74) is 2.19. The van der Waals surface area contributed by atoms with E-state index in [1.807, 2.05) is 49.5 Å². The van der Waals surface area contributed by atoms with Gasteiger partial charge in [-0.3, -0.25) is 4.99 Å². The summed E-state index contributed by atoms with van der Waals surface area (Å²) >= 11 is 0. The van der Waals surface area contributed by atoms with Gasteiger partial charge in [0.05, 0.1) is 5.69 Å². The molecule has 0 spiro atoms. The van der Waals surface area contributed by atoms with Gasteiger partial charge in [-0.15, -0.1) is 0 Å². The number of aliphatic imine (C=N–C) groups is 1. The van der Waals surface area contributed by atoms with E-state index in [1.165, 1.54) is 11.9 Å². The molecule has 1 N–H and O–H groups in total. The van der Waals surface area contributed by atoms with Crippen molar-refractivity contribution in [1.29, 1.82) is 0 Å². The maximum absolute atomic E-state index is 6.09. The molecule has 2 heterocycles. The Hall–Kier alpha value is -3.35. The second-order valence-electron chi connectivity index (χ2n) is 7.02. The number of likely N-dealkylation sites (tertiary alicyclic amines) is 1. The molecular formula is C22H26N6O. The molecule has 1 aliphatic rings. The predicted octanol–water partition coefficient (Wildman–Crippen LogP) is 2.89. The number of aromatic nitrogens is 3. The molecule has 29 heavy (non-hydrogen) atoms. The topological polar surface area (TPSA) is 67.6 Å². The van der Waals surface area contributed by atoms with Crippen LogP contribution in [0.25, 0.3) is 5.69 Å². The van der Waals surface area contributed by atoms with Gasteiger partial charge in [-0.1, -0.05) is 30.3 Å². The van der Waals surface area contributed by atoms with Crippen molar-refractivity contribution in [3.8, 4) is 11.4 Å². The third-order valence-corrected chi connectivity index (χ3v) is 5.07. The molecule has 0 unspecified atom stereocenters. The highest BCUT2D eigenvalue weighted by atomic mass is 16.5. The van der Waals surface area contributed by atoms with Crippen molar-refractivity contribution in [2.24, 2.45) is 4.99 Å². The first-order chi connectivity index (χ1) is 14.3. The van der Waals surface area contributed by atoms with Crippen molar-refractivity contribution >= 4 is 5.96 Å². The predicted molar refractivity (Wildman–Crippen MR) is 113 cm³/mol. The summed E-state index contributed by atoms with van der Waals surface area (Å²) in [4.78, 5) is 10.7. The molecule has 7 heteroatoms. The fourth-order valence-electron chi connectivity index (χ4n) is 3.50. The highest BCUT2D eigenvalue weighted by Gasteiger charge is 2.22. The number of hydrogen-bond donors (Lipinski definition) is 1. The number of para-hydroxylation sites is 1. The van der Waals surface area contributed by atoms with Gasteiger partial charge in [0, 0.05) is 39.5 Å². The van der Waals surface area contributed by atoms with Gasteiger partial charge in [0.1, 0.15) is 24.5 Å². The molecule has 1 saturated heterocycles. The zero-order chi connectivity index (χ0) is 19.9. The molecular weight excluding hydrogens is 364 g/mol. The van der Waals surface area contributed by atoms with Gasteiger partial charge < -0.3 is 15.0 Å². The third kappa shape index (κ3) is 4.93. The summed E-state index contributed by atoms with van der Waals surface area (Å²) in [5, 5.41) is 7.63. The summed E-state index contributed by atoms with van der Waals surface area (Å²) in [7, 11) is 1.84. The summed E-state index contributed by atoms with van der Waals surface area (Å²) < 4.78 is 7.84. The minimum absolute atomic E-state index is 0.260. The van der Waals surface area contributed by atoms with Crippen LogP contribution in [0.1, 0.15) is 18.4 Å². The third-order valence-electron chi connectivity index (χ3n) is 5.07. The van der Waals surface area contributed by atoms with Crippen molar-refractivity contribution < 1.29 is 4.74 Å². The van der Waals surface area contributed by atoms with E-state index in [1.54, 1.807) is 11.0 Å². The molecule has 3 aromatic rings. The lowest BCUT2D eigenvalue weighted by molar-refractivity contribution is 0.129. The molecule has 1 aliphatic heterocycles. The normalized spacial score (nSPS) is 15.3. The Morgan fingerprint density at radius 2 is 1.86 bits per heavy atom. The number of benzene rings is 2. The molecule has 1 aromatic heterocycles. The number of piperidine rings is 1. The zero-order valence-electron chi connectivity index (χ0n) is 16.6. The Labute approximate surface area is 171 Å². The van der Waals surface area contributed by atoms with Gasteiger partial charge in [-0.05, 0) is 29.8 Å². The van der Waals surface area contributed by atoms with E-state index < -0.39 is 0 Å². The molecule has 0 saturated carbocycles. The van der Waals surface area contributed by atoms with Gasteiger partial charge in [0.25, 0.3) is 0 Å². The number of ether oxygens (including phenoxy) is 1. The molecule has 2 aromatic carbocycles. The van der Waals surface area contributed by atoms with Crippen molar-refractivity contribution in [3.63, 3.8) is 0 Å². The van der Waals surface area contributed by atoms with E-state index in [2.05, 4.69) is 37.4 Å². The number of guanidine groups is 1. The van der Waals surface area contributed by atoms with Gasteiger partial charge in [0.15, 0.2) is 5.96 Å². The van der Waals surface area contributed by atoms with E-state index in [0.29, 0.717) is 0 Å². The van der Waals surface area contributed by atoms with E-state index >= 15 is 0 Å². The first kappa shape index (κ1) is 19.0. The fraction of sp³-hybridized carbons (Fsp3) is 0.318. The highest BCUT2D eigenvalue weighted by molar-refractivity contribution is 5.80. The van der Waals surface area contributed by atoms with Crippen LogP contribution < -0.4 is 10.1 Å². The first-order valence-electron chi connectivity index (χ1n) is 9.93. The van der Waals surface area contributed by atoms with Crippen molar-refractivity contribution in [1.82, 2.24) is 25.0 Å². The Morgan fingerprint density at radius 1 is 1.10 bits per heavy atom. The van der Waals surface area contributed by atoms with Crippen LogP contribution in [0.5, 0.6) is 5.75 Å². The van der Waals surface area contributed by atoms with Gasteiger partial charge in [-0.25, -0.2) is 9.67 Å². The average molecular weight is 390 g/mol. The van der Waals surface area contributed by atoms with Crippen LogP contribution in [0, 0.1) is 0 Å². The Bertz CT molecular complexity index is 900. The number of nitrogens with zero attached hydrogens (tertiary/aromatic N) is 5. The average Bonchev–Trinajstić information content (AvgIpc) is 3.31. The van der Waals surface area contributed by atoms with Crippen LogP contribution in [0.15, 0.2) is 72.2 Å². The molecule has 0 bridgehead atoms. The fourth-order valence-corrected chi connectivity index (χ4v) is 3.50. The quantitative estimate of drug-likeness (QED) is 0.536. The Kier molecular flexibility index (Phi) is 6.04. The van der Waals surface area contributed by atoms with Crippen LogP contribution >= 0.6 is 0 Å². The minimum atomic E-state index is 0.260. The molecule has 150 valence electrons. The van der Waals surface area contributed by atoms with Crippen LogP contribution in [-0.2, 0) is 6.54 Å². The SMILES string of the molecule is CN=C(NCc1ccc(-n2cncn2)cc1)N1CCC(Oc2ccccc2)CC1. The lowest BCUT2D eigenvalue weighted by Gasteiger charge is -2.34. The van der Waals surface area contributed by atoms with E-state index in [0.717, 1.165) is 49.9 Å². The summed E-state index contributed by atoms with van der Waals surface area (Å²) in [6, 6.07) is 18.3. The van der Waals surface area contributed by atoms with Gasteiger partial charge >= 0.3 is 0 Å². The molecule has 0 radical (unpaired) electrons. The maximum Gasteiger partial charge on any atom is 0.193 e. The van der Waals surface area contributed by atoms with E-state index in [9.17, 15) is 0 Å². The molecule has 0 aliphatic carbocycles. The number of nitrogens with one attached hydrogen (secondary N) is 1. The van der Waals surface area contributed by atoms with E-state index in [4.69, 9.17) is 4.74 Å². The standard InChI is InChI=1S/C22H26N6O/c1-23-22(25-15-18-7-9-19(10-8-18)28-17-24-16-26-28)27-13-11-21(12-14-27)29-20-5-3-2-4-6-20/h2-10,16-17,21H,11-15H2,1H3,(H,23,25). The first-order valence-corrected chi connectivity index (χ1v) is 9.93. The second-order valence-corrected chi connectivity index (χ2v) is 7.02. The zero-order valence-corrected chi connectivity index (χ0v) is 16.6. The minimum Gasteiger partial charge on any atom is -0.490 e. The van der Waals surface area contributed by atoms with E-state index in [-0.39, 0.29) is 6.10 Å². The molecule has 4 rings (SSSR count). The molecule has 1 fully saturated rings. The van der Waals surface area contributed by atoms with Crippen LogP contribution in [-0.4, -0.2) is 51.9 Å². The molecule has 0 amide bonds. The lowest BCUT2D eigenvalue weighted by Crippen LogP contribution is -2.47. The molecule has 7 nitrogen and oxygen atoms in total. The maximum atomic E-state index is 6.09. The van der Waals surface area contributed by atoms with Crippen molar-refractivity contribution in [3.05, 3.63) is 72.8 Å². The smallest absolute Gasteiger partial charge is 0.193 e. The highest BCUT2D eigenvalue weighted by Crippen LogP contribution is 2.18. The monoisotopic (exact) mass is 390 g/mol. The Morgan fingerprint density at radius 3 is 2.52 bits per heavy atom. The van der Waals surface area contributed by atoms with Gasteiger partial charge in [-0.2, -0.15) is 5.10 Å². The molecule has 0 atom stereocenters. The van der Waals surface area contributed by atoms with Crippen molar-refractivity contribution in [2.45, 2.75) is 25.5 Å². The van der Waals surface area contributed by atoms with Gasteiger partial charge in [0.2, 0.25) is 0 Å². The number of hydrogen-bond acceptors (Lipinski definition) is 4. The van der Waals surface area contributed by atoms with Crippen LogP contribution in [0.4, 0.5) is 0 Å². The van der Waals surface area contributed by atoms with Crippen LogP contribution in [0.3, 0.4) is 0 Å². The summed E-state index contributed by atoms with van der Waals surface area (Å²) in [6.07, 6.45) is 5.47. The summed E-state index contributed by atoms with van der Waals surface area (Å²) in [6.45, 7) is 2.59. The second kappa shape index (κ2) is 9.23. The van der Waals surface area contributed by atoms with Crippen molar-refractivity contribution in [2.75, 3.05) is 20.1 Å². The van der Waals surface area contributed by atoms with Crippen LogP contribution in [0.2, 0.25) is 0 Å².